The predicted molar refractivity (Wildman–Crippen MR) is 72.0 cm³/mol. The largest absolute Gasteiger partial charge is 0.480 e. The SMILES string of the molecule is CCCCC(NC(=O)C(OC)c1cnn(C)c1)C(=O)O. The van der Waals surface area contributed by atoms with Crippen LogP contribution < -0.4 is 5.32 Å². The highest BCUT2D eigenvalue weighted by atomic mass is 16.5. The summed E-state index contributed by atoms with van der Waals surface area (Å²) in [5.74, 6) is -1.50. The van der Waals surface area contributed by atoms with Gasteiger partial charge >= 0.3 is 5.97 Å². The van der Waals surface area contributed by atoms with Crippen molar-refractivity contribution in [2.24, 2.45) is 7.05 Å². The summed E-state index contributed by atoms with van der Waals surface area (Å²) in [6.45, 7) is 1.97. The van der Waals surface area contributed by atoms with Gasteiger partial charge in [-0.05, 0) is 6.42 Å². The molecule has 0 bridgehead atoms. The molecule has 0 spiro atoms. The molecule has 2 unspecified atom stereocenters. The number of nitrogens with zero attached hydrogens (tertiary/aromatic N) is 2. The van der Waals surface area contributed by atoms with Crippen molar-refractivity contribution in [3.05, 3.63) is 18.0 Å². The van der Waals surface area contributed by atoms with Gasteiger partial charge in [0.05, 0.1) is 6.20 Å². The molecule has 2 N–H and O–H groups in total. The topological polar surface area (TPSA) is 93.5 Å². The maximum atomic E-state index is 12.1. The molecule has 7 heteroatoms. The summed E-state index contributed by atoms with van der Waals surface area (Å²) in [6.07, 6.45) is 4.34. The van der Waals surface area contributed by atoms with Gasteiger partial charge in [0, 0.05) is 25.9 Å². The Balaban J connectivity index is 2.72. The minimum atomic E-state index is -1.03. The lowest BCUT2D eigenvalue weighted by molar-refractivity contribution is -0.144. The fourth-order valence-electron chi connectivity index (χ4n) is 1.88. The third-order valence-corrected chi connectivity index (χ3v) is 2.96. The van der Waals surface area contributed by atoms with Gasteiger partial charge in [-0.2, -0.15) is 5.10 Å². The van der Waals surface area contributed by atoms with E-state index in [9.17, 15) is 9.59 Å². The van der Waals surface area contributed by atoms with E-state index < -0.39 is 24.0 Å². The van der Waals surface area contributed by atoms with E-state index in [0.29, 0.717) is 12.0 Å². The summed E-state index contributed by atoms with van der Waals surface area (Å²) in [7, 11) is 3.13. The molecule has 2 atom stereocenters. The number of hydrogen-bond acceptors (Lipinski definition) is 4. The Morgan fingerprint density at radius 1 is 1.55 bits per heavy atom. The van der Waals surface area contributed by atoms with Crippen LogP contribution in [-0.2, 0) is 21.4 Å². The second-order valence-electron chi connectivity index (χ2n) is 4.60. The van der Waals surface area contributed by atoms with Crippen molar-refractivity contribution in [2.75, 3.05) is 7.11 Å². The van der Waals surface area contributed by atoms with Crippen LogP contribution in [0.25, 0.3) is 0 Å². The van der Waals surface area contributed by atoms with Crippen molar-refractivity contribution in [2.45, 2.75) is 38.3 Å². The van der Waals surface area contributed by atoms with Gasteiger partial charge in [0.2, 0.25) is 0 Å². The van der Waals surface area contributed by atoms with E-state index in [1.54, 1.807) is 17.9 Å². The Labute approximate surface area is 117 Å². The molecule has 0 aromatic carbocycles. The molecule has 0 fully saturated rings. The van der Waals surface area contributed by atoms with Crippen molar-refractivity contribution in [1.82, 2.24) is 15.1 Å². The third-order valence-electron chi connectivity index (χ3n) is 2.96. The van der Waals surface area contributed by atoms with Gasteiger partial charge in [0.15, 0.2) is 6.10 Å². The normalized spacial score (nSPS) is 13.8. The number of carboxylic acids is 1. The second-order valence-corrected chi connectivity index (χ2v) is 4.60. The summed E-state index contributed by atoms with van der Waals surface area (Å²) in [5, 5.41) is 15.6. The van der Waals surface area contributed by atoms with E-state index in [2.05, 4.69) is 10.4 Å². The number of ether oxygens (including phenoxy) is 1. The minimum Gasteiger partial charge on any atom is -0.480 e. The number of rotatable bonds is 8. The van der Waals surface area contributed by atoms with Crippen LogP contribution in [0.1, 0.15) is 37.9 Å². The number of methoxy groups -OCH3 is 1. The van der Waals surface area contributed by atoms with Crippen LogP contribution in [0.3, 0.4) is 0 Å². The average Bonchev–Trinajstić information content (AvgIpc) is 2.81. The Bertz CT molecular complexity index is 458. The molecule has 112 valence electrons. The maximum absolute atomic E-state index is 12.1. The van der Waals surface area contributed by atoms with Crippen molar-refractivity contribution in [3.8, 4) is 0 Å². The number of nitrogens with one attached hydrogen (secondary N) is 1. The highest BCUT2D eigenvalue weighted by Gasteiger charge is 2.26. The molecule has 0 saturated carbocycles. The summed E-state index contributed by atoms with van der Waals surface area (Å²) in [5.41, 5.74) is 0.590. The third kappa shape index (κ3) is 4.34. The van der Waals surface area contributed by atoms with E-state index in [0.717, 1.165) is 12.8 Å². The van der Waals surface area contributed by atoms with E-state index in [1.165, 1.54) is 13.3 Å². The van der Waals surface area contributed by atoms with Crippen molar-refractivity contribution < 1.29 is 19.4 Å². The van der Waals surface area contributed by atoms with Gasteiger partial charge in [-0.3, -0.25) is 9.48 Å². The van der Waals surface area contributed by atoms with Gasteiger partial charge in [0.1, 0.15) is 6.04 Å². The van der Waals surface area contributed by atoms with Crippen LogP contribution in [-0.4, -0.2) is 39.9 Å². The molecule has 1 aromatic heterocycles. The molecule has 0 radical (unpaired) electrons. The lowest BCUT2D eigenvalue weighted by Gasteiger charge is -2.18. The number of unbranched alkanes of at least 4 members (excludes halogenated alkanes) is 1. The number of aromatic nitrogens is 2. The monoisotopic (exact) mass is 283 g/mol. The fourth-order valence-corrected chi connectivity index (χ4v) is 1.88. The smallest absolute Gasteiger partial charge is 0.326 e. The van der Waals surface area contributed by atoms with Crippen LogP contribution in [0.15, 0.2) is 12.4 Å². The zero-order valence-electron chi connectivity index (χ0n) is 12.0. The average molecular weight is 283 g/mol. The zero-order chi connectivity index (χ0) is 15.1. The molecule has 1 heterocycles. The van der Waals surface area contributed by atoms with Crippen molar-refractivity contribution in [1.29, 1.82) is 0 Å². The fraction of sp³-hybridized carbons (Fsp3) is 0.615. The molecule has 0 aliphatic carbocycles. The molecule has 0 aliphatic rings. The van der Waals surface area contributed by atoms with Gasteiger partial charge in [-0.15, -0.1) is 0 Å². The first-order valence-electron chi connectivity index (χ1n) is 6.54. The number of carbonyl (C=O) groups is 2. The Hall–Kier alpha value is -1.89. The number of aryl methyl sites for hydroxylation is 1. The Morgan fingerprint density at radius 3 is 2.70 bits per heavy atom. The molecular weight excluding hydrogens is 262 g/mol. The van der Waals surface area contributed by atoms with Crippen molar-refractivity contribution >= 4 is 11.9 Å². The molecular formula is C13H21N3O4. The van der Waals surface area contributed by atoms with E-state index in [1.807, 2.05) is 6.92 Å². The molecule has 20 heavy (non-hydrogen) atoms. The van der Waals surface area contributed by atoms with Crippen LogP contribution >= 0.6 is 0 Å². The standard InChI is InChI=1S/C13H21N3O4/c1-4-5-6-10(13(18)19)15-12(17)11(20-3)9-7-14-16(2)8-9/h7-8,10-11H,4-6H2,1-3H3,(H,15,17)(H,18,19). The van der Waals surface area contributed by atoms with Gasteiger partial charge < -0.3 is 15.2 Å². The molecule has 1 aromatic rings. The summed E-state index contributed by atoms with van der Waals surface area (Å²) in [6, 6.07) is -0.892. The lowest BCUT2D eigenvalue weighted by Crippen LogP contribution is -2.43. The Morgan fingerprint density at radius 2 is 2.25 bits per heavy atom. The number of carboxylic acid groups (broad SMARTS) is 1. The minimum absolute atomic E-state index is 0.404. The highest BCUT2D eigenvalue weighted by Crippen LogP contribution is 2.16. The maximum Gasteiger partial charge on any atom is 0.326 e. The second kappa shape index (κ2) is 7.64. The first-order valence-corrected chi connectivity index (χ1v) is 6.54. The first kappa shape index (κ1) is 16.2. The van der Waals surface area contributed by atoms with Gasteiger partial charge in [-0.25, -0.2) is 4.79 Å². The summed E-state index contributed by atoms with van der Waals surface area (Å²) < 4.78 is 6.69. The highest BCUT2D eigenvalue weighted by molar-refractivity contribution is 5.87. The first-order chi connectivity index (χ1) is 9.49. The number of carbonyl (C=O) groups excluding carboxylic acids is 1. The predicted octanol–water partition coefficient (Wildman–Crippen LogP) is 0.867. The van der Waals surface area contributed by atoms with Crippen LogP contribution in [0.5, 0.6) is 0 Å². The summed E-state index contributed by atoms with van der Waals surface area (Å²) in [4.78, 5) is 23.2. The van der Waals surface area contributed by atoms with E-state index in [-0.39, 0.29) is 0 Å². The Kier molecular flexibility index (Phi) is 6.17. The van der Waals surface area contributed by atoms with E-state index in [4.69, 9.17) is 9.84 Å². The number of hydrogen-bond donors (Lipinski definition) is 2. The van der Waals surface area contributed by atoms with Crippen LogP contribution in [0.4, 0.5) is 0 Å². The quantitative estimate of drug-likeness (QED) is 0.738. The van der Waals surface area contributed by atoms with Gasteiger partial charge in [-0.1, -0.05) is 19.8 Å². The number of aliphatic carboxylic acids is 1. The van der Waals surface area contributed by atoms with Crippen LogP contribution in [0, 0.1) is 0 Å². The molecule has 0 aliphatic heterocycles. The lowest BCUT2D eigenvalue weighted by atomic mass is 10.1. The summed E-state index contributed by atoms with van der Waals surface area (Å²) >= 11 is 0. The zero-order valence-corrected chi connectivity index (χ0v) is 12.0. The number of amides is 1. The van der Waals surface area contributed by atoms with E-state index >= 15 is 0 Å². The van der Waals surface area contributed by atoms with Gasteiger partial charge in [0.25, 0.3) is 5.91 Å². The van der Waals surface area contributed by atoms with Crippen LogP contribution in [0.2, 0.25) is 0 Å². The molecule has 1 rings (SSSR count). The molecule has 7 nitrogen and oxygen atoms in total. The molecule has 1 amide bonds. The molecule has 0 saturated heterocycles. The van der Waals surface area contributed by atoms with Crippen molar-refractivity contribution in [3.63, 3.8) is 0 Å².